The summed E-state index contributed by atoms with van der Waals surface area (Å²) in [5, 5.41) is 6.86. The molecule has 0 aliphatic carbocycles. The van der Waals surface area contributed by atoms with Crippen LogP contribution in [0.15, 0.2) is 29.0 Å². The predicted molar refractivity (Wildman–Crippen MR) is 99.5 cm³/mol. The van der Waals surface area contributed by atoms with Crippen LogP contribution < -0.4 is 5.32 Å². The highest BCUT2D eigenvalue weighted by molar-refractivity contribution is 7.17. The fraction of sp³-hybridized carbons (Fsp3) is 0.294. The molecule has 130 valence electrons. The highest BCUT2D eigenvalue weighted by Gasteiger charge is 2.18. The van der Waals surface area contributed by atoms with Gasteiger partial charge in [0.1, 0.15) is 5.69 Å². The Balaban J connectivity index is 1.74. The Morgan fingerprint density at radius 2 is 2.08 bits per heavy atom. The Morgan fingerprint density at radius 3 is 2.84 bits per heavy atom. The zero-order valence-corrected chi connectivity index (χ0v) is 15.3. The van der Waals surface area contributed by atoms with Gasteiger partial charge in [-0.05, 0) is 36.2 Å². The zero-order valence-electron chi connectivity index (χ0n) is 13.7. The third kappa shape index (κ3) is 4.21. The minimum atomic E-state index is -0.216. The molecule has 3 heterocycles. The van der Waals surface area contributed by atoms with Crippen molar-refractivity contribution in [2.24, 2.45) is 0 Å². The summed E-state index contributed by atoms with van der Waals surface area (Å²) in [4.78, 5) is 33.5. The summed E-state index contributed by atoms with van der Waals surface area (Å²) in [7, 11) is 0. The fourth-order valence-electron chi connectivity index (χ4n) is 2.29. The molecule has 0 saturated carbocycles. The van der Waals surface area contributed by atoms with E-state index in [1.54, 1.807) is 13.0 Å². The second-order valence-corrected chi connectivity index (χ2v) is 7.04. The van der Waals surface area contributed by atoms with E-state index in [2.05, 4.69) is 15.3 Å². The molecule has 1 N–H and O–H groups in total. The lowest BCUT2D eigenvalue weighted by Crippen LogP contribution is -2.12. The fourth-order valence-corrected chi connectivity index (χ4v) is 3.77. The summed E-state index contributed by atoms with van der Waals surface area (Å²) >= 11 is 2.85. The second-order valence-electron chi connectivity index (χ2n) is 5.17. The zero-order chi connectivity index (χ0) is 17.6. The number of nitrogens with one attached hydrogen (secondary N) is 1. The van der Waals surface area contributed by atoms with E-state index >= 15 is 0 Å². The van der Waals surface area contributed by atoms with E-state index in [4.69, 9.17) is 4.74 Å². The van der Waals surface area contributed by atoms with Crippen LogP contribution in [0.1, 0.15) is 35.1 Å². The van der Waals surface area contributed by atoms with E-state index in [1.807, 2.05) is 22.9 Å². The number of nitrogens with zero attached hydrogens (tertiary/aromatic N) is 2. The van der Waals surface area contributed by atoms with Gasteiger partial charge in [0.2, 0.25) is 11.7 Å². The highest BCUT2D eigenvalue weighted by Crippen LogP contribution is 2.26. The third-order valence-electron chi connectivity index (χ3n) is 3.41. The van der Waals surface area contributed by atoms with Gasteiger partial charge < -0.3 is 10.1 Å². The van der Waals surface area contributed by atoms with Crippen molar-refractivity contribution in [1.29, 1.82) is 0 Å². The topological polar surface area (TPSA) is 81.2 Å². The second kappa shape index (κ2) is 8.17. The normalized spacial score (nSPS) is 10.8. The van der Waals surface area contributed by atoms with Gasteiger partial charge in [-0.3, -0.25) is 9.59 Å². The van der Waals surface area contributed by atoms with Crippen LogP contribution in [0.2, 0.25) is 0 Å². The minimum Gasteiger partial charge on any atom is -0.466 e. The molecule has 0 fully saturated rings. The first kappa shape index (κ1) is 17.5. The summed E-state index contributed by atoms with van der Waals surface area (Å²) < 4.78 is 5.68. The number of hydrogen-bond donors (Lipinski definition) is 1. The van der Waals surface area contributed by atoms with Crippen molar-refractivity contribution in [3.8, 4) is 0 Å². The molecule has 0 bridgehead atoms. The van der Waals surface area contributed by atoms with Crippen LogP contribution in [0.3, 0.4) is 0 Å². The van der Waals surface area contributed by atoms with Gasteiger partial charge >= 0.3 is 5.97 Å². The maximum Gasteiger partial charge on any atom is 0.305 e. The van der Waals surface area contributed by atoms with Gasteiger partial charge in [0, 0.05) is 13.0 Å². The monoisotopic (exact) mass is 375 g/mol. The summed E-state index contributed by atoms with van der Waals surface area (Å²) in [5.41, 5.74) is 1.16. The van der Waals surface area contributed by atoms with Crippen molar-refractivity contribution < 1.29 is 14.3 Å². The number of rotatable bonds is 8. The van der Waals surface area contributed by atoms with E-state index < -0.39 is 0 Å². The summed E-state index contributed by atoms with van der Waals surface area (Å²) in [5.74, 6) is 0.0844. The average molecular weight is 375 g/mol. The number of fused-ring (bicyclic) bond motifs is 1. The first-order valence-electron chi connectivity index (χ1n) is 7.92. The quantitative estimate of drug-likeness (QED) is 0.367. The highest BCUT2D eigenvalue weighted by atomic mass is 32.1. The Morgan fingerprint density at radius 1 is 1.20 bits per heavy atom. The van der Waals surface area contributed by atoms with E-state index in [1.165, 1.54) is 22.7 Å². The maximum absolute atomic E-state index is 12.7. The van der Waals surface area contributed by atoms with Crippen molar-refractivity contribution in [2.75, 3.05) is 18.5 Å². The standard InChI is InChI=1S/C17H17N3O3S2/c1-2-23-13(21)6-3-8-18-17-19-11-7-10-25-16(11)14(20-17)15(22)12-5-4-9-24-12/h4-5,7,9-10H,2-3,6,8H2,1H3,(H,18,19,20). The first-order chi connectivity index (χ1) is 12.2. The molecule has 0 unspecified atom stereocenters. The molecule has 25 heavy (non-hydrogen) atoms. The lowest BCUT2D eigenvalue weighted by Gasteiger charge is -2.07. The Labute approximate surface area is 152 Å². The number of ether oxygens (including phenoxy) is 1. The lowest BCUT2D eigenvalue weighted by atomic mass is 10.2. The molecule has 0 saturated heterocycles. The number of carbonyl (C=O) groups is 2. The lowest BCUT2D eigenvalue weighted by molar-refractivity contribution is -0.143. The van der Waals surface area contributed by atoms with Crippen molar-refractivity contribution >= 4 is 50.6 Å². The van der Waals surface area contributed by atoms with Crippen molar-refractivity contribution in [3.63, 3.8) is 0 Å². The van der Waals surface area contributed by atoms with Gasteiger partial charge in [-0.2, -0.15) is 0 Å². The van der Waals surface area contributed by atoms with Gasteiger partial charge in [-0.15, -0.1) is 22.7 Å². The molecule has 3 rings (SSSR count). The molecule has 0 aliphatic rings. The third-order valence-corrected chi connectivity index (χ3v) is 5.19. The van der Waals surface area contributed by atoms with Crippen molar-refractivity contribution in [1.82, 2.24) is 9.97 Å². The van der Waals surface area contributed by atoms with Gasteiger partial charge in [-0.25, -0.2) is 9.97 Å². The van der Waals surface area contributed by atoms with Crippen molar-refractivity contribution in [3.05, 3.63) is 39.5 Å². The molecule has 3 aromatic rings. The molecule has 0 aliphatic heterocycles. The maximum atomic E-state index is 12.7. The molecule has 6 nitrogen and oxygen atoms in total. The number of anilines is 1. The molecule has 0 amide bonds. The van der Waals surface area contributed by atoms with Gasteiger partial charge in [0.15, 0.2) is 0 Å². The van der Waals surface area contributed by atoms with Crippen LogP contribution in [0.25, 0.3) is 10.2 Å². The van der Waals surface area contributed by atoms with Crippen LogP contribution in [0.5, 0.6) is 0 Å². The largest absolute Gasteiger partial charge is 0.466 e. The van der Waals surface area contributed by atoms with E-state index in [9.17, 15) is 9.59 Å². The molecular formula is C17H17N3O3S2. The van der Waals surface area contributed by atoms with Crippen LogP contribution >= 0.6 is 22.7 Å². The van der Waals surface area contributed by atoms with Crippen LogP contribution in [-0.4, -0.2) is 34.9 Å². The molecule has 0 aromatic carbocycles. The number of ketones is 1. The first-order valence-corrected chi connectivity index (χ1v) is 9.68. The Kier molecular flexibility index (Phi) is 5.72. The van der Waals surface area contributed by atoms with Gasteiger partial charge in [-0.1, -0.05) is 6.07 Å². The smallest absolute Gasteiger partial charge is 0.305 e. The van der Waals surface area contributed by atoms with Crippen LogP contribution in [0, 0.1) is 0 Å². The number of aromatic nitrogens is 2. The number of carbonyl (C=O) groups excluding carboxylic acids is 2. The average Bonchev–Trinajstić information content (AvgIpc) is 3.29. The van der Waals surface area contributed by atoms with E-state index in [-0.39, 0.29) is 11.8 Å². The minimum absolute atomic E-state index is 0.0978. The molecule has 0 radical (unpaired) electrons. The summed E-state index contributed by atoms with van der Waals surface area (Å²) in [6.45, 7) is 2.70. The van der Waals surface area contributed by atoms with E-state index in [0.717, 1.165) is 10.2 Å². The summed E-state index contributed by atoms with van der Waals surface area (Å²) in [6.07, 6.45) is 0.945. The van der Waals surface area contributed by atoms with Crippen molar-refractivity contribution in [2.45, 2.75) is 19.8 Å². The molecule has 0 atom stereocenters. The number of esters is 1. The van der Waals surface area contributed by atoms with E-state index in [0.29, 0.717) is 42.5 Å². The summed E-state index contributed by atoms with van der Waals surface area (Å²) in [6, 6.07) is 5.51. The molecule has 3 aromatic heterocycles. The van der Waals surface area contributed by atoms with Crippen LogP contribution in [-0.2, 0) is 9.53 Å². The SMILES string of the molecule is CCOC(=O)CCCNc1nc(C(=O)c2cccs2)c2sccc2n1. The predicted octanol–water partition coefficient (Wildman–Crippen LogP) is 3.74. The van der Waals surface area contributed by atoms with Crippen LogP contribution in [0.4, 0.5) is 5.95 Å². The number of thiophene rings is 2. The Bertz CT molecular complexity index is 875. The molecule has 8 heteroatoms. The van der Waals surface area contributed by atoms with Gasteiger partial charge in [0.05, 0.1) is 21.7 Å². The number of hydrogen-bond acceptors (Lipinski definition) is 8. The molecular weight excluding hydrogens is 358 g/mol. The Hall–Kier alpha value is -2.32. The van der Waals surface area contributed by atoms with Gasteiger partial charge in [0.25, 0.3) is 0 Å². The molecule has 0 spiro atoms.